The molecule has 3 N–H and O–H groups in total. The average molecular weight is 286 g/mol. The minimum absolute atomic E-state index is 0.00632. The molecule has 0 bridgehead atoms. The van der Waals surface area contributed by atoms with E-state index in [1.807, 2.05) is 24.3 Å². The molecule has 2 aromatic carbocycles. The van der Waals surface area contributed by atoms with Crippen molar-refractivity contribution in [2.45, 2.75) is 12.5 Å². The SMILES string of the molecule is Nc1ccc(C(=O)NC2CCOc3ccccc32)c(F)c1. The Bertz CT molecular complexity index is 688. The van der Waals surface area contributed by atoms with Crippen LogP contribution in [0.15, 0.2) is 42.5 Å². The maximum absolute atomic E-state index is 13.8. The van der Waals surface area contributed by atoms with Gasteiger partial charge in [0.25, 0.3) is 5.91 Å². The molecule has 0 aromatic heterocycles. The van der Waals surface area contributed by atoms with Crippen LogP contribution in [0.2, 0.25) is 0 Å². The van der Waals surface area contributed by atoms with Crippen LogP contribution >= 0.6 is 0 Å². The lowest BCUT2D eigenvalue weighted by molar-refractivity contribution is 0.0921. The molecule has 4 nitrogen and oxygen atoms in total. The van der Waals surface area contributed by atoms with Crippen LogP contribution < -0.4 is 15.8 Å². The molecule has 1 heterocycles. The van der Waals surface area contributed by atoms with Crippen LogP contribution in [0.3, 0.4) is 0 Å². The number of rotatable bonds is 2. The molecule has 0 fully saturated rings. The van der Waals surface area contributed by atoms with Crippen LogP contribution in [0.1, 0.15) is 28.4 Å². The summed E-state index contributed by atoms with van der Waals surface area (Å²) in [7, 11) is 0. The van der Waals surface area contributed by atoms with Gasteiger partial charge in [-0.2, -0.15) is 0 Å². The Morgan fingerprint density at radius 3 is 2.90 bits per heavy atom. The van der Waals surface area contributed by atoms with Gasteiger partial charge in [0.1, 0.15) is 11.6 Å². The van der Waals surface area contributed by atoms with Crippen LogP contribution in [0.4, 0.5) is 10.1 Å². The predicted molar refractivity (Wildman–Crippen MR) is 77.6 cm³/mol. The summed E-state index contributed by atoms with van der Waals surface area (Å²) in [6.45, 7) is 0.520. The molecule has 0 radical (unpaired) electrons. The molecular weight excluding hydrogens is 271 g/mol. The van der Waals surface area contributed by atoms with Gasteiger partial charge in [-0.05, 0) is 24.3 Å². The number of amides is 1. The van der Waals surface area contributed by atoms with Gasteiger partial charge in [0, 0.05) is 17.7 Å². The summed E-state index contributed by atoms with van der Waals surface area (Å²) in [5.74, 6) is -0.311. The molecule has 108 valence electrons. The van der Waals surface area contributed by atoms with Crippen molar-refractivity contribution in [2.24, 2.45) is 0 Å². The molecule has 2 aromatic rings. The highest BCUT2D eigenvalue weighted by Gasteiger charge is 2.24. The number of carbonyl (C=O) groups excluding carboxylic acids is 1. The van der Waals surface area contributed by atoms with Gasteiger partial charge in [0.15, 0.2) is 0 Å². The lowest BCUT2D eigenvalue weighted by atomic mass is 10.00. The number of anilines is 1. The van der Waals surface area contributed by atoms with Gasteiger partial charge >= 0.3 is 0 Å². The van der Waals surface area contributed by atoms with Crippen LogP contribution in [0.25, 0.3) is 0 Å². The van der Waals surface area contributed by atoms with E-state index in [1.165, 1.54) is 12.1 Å². The van der Waals surface area contributed by atoms with Crippen LogP contribution in [0.5, 0.6) is 5.75 Å². The van der Waals surface area contributed by atoms with Gasteiger partial charge in [-0.3, -0.25) is 4.79 Å². The Morgan fingerprint density at radius 1 is 1.29 bits per heavy atom. The zero-order valence-electron chi connectivity index (χ0n) is 11.3. The monoisotopic (exact) mass is 286 g/mol. The van der Waals surface area contributed by atoms with Gasteiger partial charge < -0.3 is 15.8 Å². The summed E-state index contributed by atoms with van der Waals surface area (Å²) in [5, 5.41) is 2.85. The normalized spacial score (nSPS) is 16.7. The van der Waals surface area contributed by atoms with Crippen LogP contribution in [-0.4, -0.2) is 12.5 Å². The van der Waals surface area contributed by atoms with Crippen molar-refractivity contribution in [3.8, 4) is 5.75 Å². The van der Waals surface area contributed by atoms with Gasteiger partial charge in [-0.1, -0.05) is 18.2 Å². The standard InChI is InChI=1S/C16H15FN2O2/c17-13-9-10(18)5-6-11(13)16(20)19-14-7-8-21-15-4-2-1-3-12(14)15/h1-6,9,14H,7-8,18H2,(H,19,20). The van der Waals surface area contributed by atoms with Gasteiger partial charge in [-0.25, -0.2) is 4.39 Å². The van der Waals surface area contributed by atoms with Crippen molar-refractivity contribution in [2.75, 3.05) is 12.3 Å². The molecule has 1 aliphatic heterocycles. The van der Waals surface area contributed by atoms with E-state index in [-0.39, 0.29) is 11.6 Å². The van der Waals surface area contributed by atoms with Gasteiger partial charge in [0.2, 0.25) is 0 Å². The van der Waals surface area contributed by atoms with Gasteiger partial charge in [-0.15, -0.1) is 0 Å². The number of halogens is 1. The highest BCUT2D eigenvalue weighted by Crippen LogP contribution is 2.31. The van der Waals surface area contributed by atoms with E-state index in [0.29, 0.717) is 18.7 Å². The number of benzene rings is 2. The average Bonchev–Trinajstić information content (AvgIpc) is 2.47. The second-order valence-corrected chi connectivity index (χ2v) is 4.94. The second-order valence-electron chi connectivity index (χ2n) is 4.94. The van der Waals surface area contributed by atoms with E-state index < -0.39 is 11.7 Å². The van der Waals surface area contributed by atoms with Crippen molar-refractivity contribution in [3.63, 3.8) is 0 Å². The Balaban J connectivity index is 1.83. The number of para-hydroxylation sites is 1. The first-order valence-electron chi connectivity index (χ1n) is 6.73. The molecule has 0 saturated carbocycles. The maximum atomic E-state index is 13.8. The summed E-state index contributed by atoms with van der Waals surface area (Å²) < 4.78 is 19.3. The Kier molecular flexibility index (Phi) is 3.48. The lowest BCUT2D eigenvalue weighted by Gasteiger charge is -2.26. The number of carbonyl (C=O) groups is 1. The smallest absolute Gasteiger partial charge is 0.254 e. The van der Waals surface area contributed by atoms with Crippen LogP contribution in [-0.2, 0) is 0 Å². The predicted octanol–water partition coefficient (Wildman–Crippen LogP) is 2.66. The summed E-state index contributed by atoms with van der Waals surface area (Å²) in [6, 6.07) is 11.4. The van der Waals surface area contributed by atoms with E-state index in [1.54, 1.807) is 0 Å². The number of hydrogen-bond donors (Lipinski definition) is 2. The molecule has 1 aliphatic rings. The summed E-state index contributed by atoms with van der Waals surface area (Å²) in [6.07, 6.45) is 0.652. The van der Waals surface area contributed by atoms with E-state index in [0.717, 1.165) is 17.4 Å². The zero-order valence-corrected chi connectivity index (χ0v) is 11.3. The number of fused-ring (bicyclic) bond motifs is 1. The topological polar surface area (TPSA) is 64.4 Å². The first-order valence-corrected chi connectivity index (χ1v) is 6.73. The third-order valence-corrected chi connectivity index (χ3v) is 3.50. The first kappa shape index (κ1) is 13.4. The highest BCUT2D eigenvalue weighted by molar-refractivity contribution is 5.95. The van der Waals surface area contributed by atoms with Crippen molar-refractivity contribution >= 4 is 11.6 Å². The number of hydrogen-bond acceptors (Lipinski definition) is 3. The fourth-order valence-corrected chi connectivity index (χ4v) is 2.44. The molecular formula is C16H15FN2O2. The highest BCUT2D eigenvalue weighted by atomic mass is 19.1. The molecule has 3 rings (SSSR count). The quantitative estimate of drug-likeness (QED) is 0.834. The molecule has 0 spiro atoms. The number of nitrogens with one attached hydrogen (secondary N) is 1. The minimum atomic E-state index is -0.618. The van der Waals surface area contributed by atoms with E-state index in [2.05, 4.69) is 5.32 Å². The molecule has 1 amide bonds. The molecule has 21 heavy (non-hydrogen) atoms. The van der Waals surface area contributed by atoms with Crippen LogP contribution in [0, 0.1) is 5.82 Å². The summed E-state index contributed by atoms with van der Waals surface area (Å²) >= 11 is 0. The number of ether oxygens (including phenoxy) is 1. The number of nitrogen functional groups attached to an aromatic ring is 1. The largest absolute Gasteiger partial charge is 0.493 e. The zero-order chi connectivity index (χ0) is 14.8. The van der Waals surface area contributed by atoms with E-state index in [4.69, 9.17) is 10.5 Å². The van der Waals surface area contributed by atoms with Crippen molar-refractivity contribution in [1.82, 2.24) is 5.32 Å². The van der Waals surface area contributed by atoms with Crippen molar-refractivity contribution < 1.29 is 13.9 Å². The molecule has 1 atom stereocenters. The maximum Gasteiger partial charge on any atom is 0.254 e. The fraction of sp³-hybridized carbons (Fsp3) is 0.188. The number of nitrogens with two attached hydrogens (primary N) is 1. The molecule has 0 aliphatic carbocycles. The van der Waals surface area contributed by atoms with Gasteiger partial charge in [0.05, 0.1) is 18.2 Å². The Hall–Kier alpha value is -2.56. The van der Waals surface area contributed by atoms with E-state index >= 15 is 0 Å². The van der Waals surface area contributed by atoms with Crippen molar-refractivity contribution in [3.05, 3.63) is 59.4 Å². The molecule has 1 unspecified atom stereocenters. The molecule has 5 heteroatoms. The fourth-order valence-electron chi connectivity index (χ4n) is 2.44. The summed E-state index contributed by atoms with van der Waals surface area (Å²) in [4.78, 5) is 12.2. The Morgan fingerprint density at radius 2 is 2.10 bits per heavy atom. The third kappa shape index (κ3) is 2.67. The molecule has 0 saturated heterocycles. The first-order chi connectivity index (χ1) is 10.1. The lowest BCUT2D eigenvalue weighted by Crippen LogP contribution is -2.32. The second kappa shape index (κ2) is 5.44. The Labute approximate surface area is 121 Å². The summed E-state index contributed by atoms with van der Waals surface area (Å²) in [5.41, 5.74) is 6.68. The van der Waals surface area contributed by atoms with Crippen molar-refractivity contribution in [1.29, 1.82) is 0 Å². The third-order valence-electron chi connectivity index (χ3n) is 3.50. The van der Waals surface area contributed by atoms with E-state index in [9.17, 15) is 9.18 Å². The minimum Gasteiger partial charge on any atom is -0.493 e.